The molecule has 0 fully saturated rings. The van der Waals surface area contributed by atoms with Gasteiger partial charge >= 0.3 is 0 Å². The number of unbranched alkanes of at least 4 members (excludes halogenated alkanes) is 1. The summed E-state index contributed by atoms with van der Waals surface area (Å²) < 4.78 is 0. The number of hydrogen-bond donors (Lipinski definition) is 3. The van der Waals surface area contributed by atoms with E-state index in [1.807, 2.05) is 0 Å². The van der Waals surface area contributed by atoms with Crippen LogP contribution in [0, 0.1) is 0 Å². The lowest BCUT2D eigenvalue weighted by Crippen LogP contribution is -2.40. The third-order valence-corrected chi connectivity index (χ3v) is 2.75. The van der Waals surface area contributed by atoms with E-state index in [0.29, 0.717) is 13.0 Å². The maximum atomic E-state index is 9.02. The van der Waals surface area contributed by atoms with Crippen molar-refractivity contribution in [2.24, 2.45) is 10.9 Å². The molecule has 0 aromatic heterocycles. The fourth-order valence-electron chi connectivity index (χ4n) is 1.78. The van der Waals surface area contributed by atoms with Crippen molar-refractivity contribution in [2.75, 3.05) is 19.7 Å². The molecule has 16 heavy (non-hydrogen) atoms. The standard InChI is InChI=1S/C11H25N3O2/c1-3-5-6-14(7-8-15)10(4-2)9-11(12)13-16/h10,15-16H,3-9H2,1-2H3,(H2,12,13). The van der Waals surface area contributed by atoms with E-state index in [-0.39, 0.29) is 18.5 Å². The minimum atomic E-state index is 0.149. The summed E-state index contributed by atoms with van der Waals surface area (Å²) >= 11 is 0. The van der Waals surface area contributed by atoms with Gasteiger partial charge in [-0.15, -0.1) is 0 Å². The van der Waals surface area contributed by atoms with Crippen LogP contribution in [0.2, 0.25) is 0 Å². The third-order valence-electron chi connectivity index (χ3n) is 2.75. The minimum absolute atomic E-state index is 0.149. The first kappa shape index (κ1) is 15.2. The molecule has 1 unspecified atom stereocenters. The highest BCUT2D eigenvalue weighted by molar-refractivity contribution is 5.80. The van der Waals surface area contributed by atoms with Crippen LogP contribution in [0.25, 0.3) is 0 Å². The number of amidine groups is 1. The van der Waals surface area contributed by atoms with Crippen molar-refractivity contribution < 1.29 is 10.3 Å². The molecule has 96 valence electrons. The van der Waals surface area contributed by atoms with Crippen LogP contribution < -0.4 is 5.73 Å². The average Bonchev–Trinajstić information content (AvgIpc) is 2.31. The number of hydrogen-bond acceptors (Lipinski definition) is 4. The van der Waals surface area contributed by atoms with Crippen LogP contribution in [0.15, 0.2) is 5.16 Å². The molecule has 0 rings (SSSR count). The molecule has 0 aliphatic heterocycles. The SMILES string of the molecule is CCCCN(CCO)C(CC)CC(N)=NO. The molecular weight excluding hydrogens is 206 g/mol. The highest BCUT2D eigenvalue weighted by Gasteiger charge is 2.17. The molecule has 0 saturated heterocycles. The van der Waals surface area contributed by atoms with Gasteiger partial charge in [-0.2, -0.15) is 0 Å². The highest BCUT2D eigenvalue weighted by atomic mass is 16.4. The fraction of sp³-hybridized carbons (Fsp3) is 0.909. The van der Waals surface area contributed by atoms with E-state index in [0.717, 1.165) is 25.8 Å². The van der Waals surface area contributed by atoms with Crippen LogP contribution in [0.1, 0.15) is 39.5 Å². The Morgan fingerprint density at radius 1 is 1.38 bits per heavy atom. The Morgan fingerprint density at radius 2 is 2.06 bits per heavy atom. The number of aliphatic hydroxyl groups excluding tert-OH is 1. The predicted molar refractivity (Wildman–Crippen MR) is 65.7 cm³/mol. The molecule has 0 aliphatic carbocycles. The Hall–Kier alpha value is -0.810. The van der Waals surface area contributed by atoms with Gasteiger partial charge in [-0.25, -0.2) is 0 Å². The lowest BCUT2D eigenvalue weighted by Gasteiger charge is -2.30. The molecule has 5 heteroatoms. The van der Waals surface area contributed by atoms with E-state index >= 15 is 0 Å². The summed E-state index contributed by atoms with van der Waals surface area (Å²) in [5.74, 6) is 0.256. The Bertz CT molecular complexity index is 198. The summed E-state index contributed by atoms with van der Waals surface area (Å²) in [5.41, 5.74) is 5.52. The monoisotopic (exact) mass is 231 g/mol. The zero-order valence-corrected chi connectivity index (χ0v) is 10.4. The maximum Gasteiger partial charge on any atom is 0.140 e. The first-order chi connectivity index (χ1) is 7.69. The molecular formula is C11H25N3O2. The molecule has 0 aromatic rings. The van der Waals surface area contributed by atoms with E-state index in [1.165, 1.54) is 0 Å². The molecule has 0 spiro atoms. The molecule has 0 bridgehead atoms. The molecule has 0 amide bonds. The van der Waals surface area contributed by atoms with Crippen LogP contribution >= 0.6 is 0 Å². The minimum Gasteiger partial charge on any atom is -0.409 e. The molecule has 4 N–H and O–H groups in total. The second-order valence-electron chi connectivity index (χ2n) is 3.97. The second-order valence-corrected chi connectivity index (χ2v) is 3.97. The topological polar surface area (TPSA) is 82.1 Å². The van der Waals surface area contributed by atoms with Crippen LogP contribution in [0.4, 0.5) is 0 Å². The smallest absolute Gasteiger partial charge is 0.140 e. The second kappa shape index (κ2) is 9.42. The van der Waals surface area contributed by atoms with E-state index in [1.54, 1.807) is 0 Å². The van der Waals surface area contributed by atoms with Crippen molar-refractivity contribution in [1.82, 2.24) is 4.90 Å². The Balaban J connectivity index is 4.31. The Labute approximate surface area is 97.9 Å². The zero-order valence-electron chi connectivity index (χ0n) is 10.4. The number of aliphatic hydroxyl groups is 1. The summed E-state index contributed by atoms with van der Waals surface area (Å²) in [6, 6.07) is 0.245. The fourth-order valence-corrected chi connectivity index (χ4v) is 1.78. The Kier molecular flexibility index (Phi) is 8.94. The first-order valence-electron chi connectivity index (χ1n) is 6.00. The van der Waals surface area contributed by atoms with Gasteiger partial charge in [-0.1, -0.05) is 25.4 Å². The van der Waals surface area contributed by atoms with Crippen LogP contribution in [-0.4, -0.2) is 46.8 Å². The van der Waals surface area contributed by atoms with Crippen LogP contribution in [-0.2, 0) is 0 Å². The third kappa shape index (κ3) is 5.92. The van der Waals surface area contributed by atoms with Crippen LogP contribution in [0.3, 0.4) is 0 Å². The molecule has 5 nitrogen and oxygen atoms in total. The maximum absolute atomic E-state index is 9.02. The summed E-state index contributed by atoms with van der Waals surface area (Å²) in [4.78, 5) is 2.21. The van der Waals surface area contributed by atoms with Gasteiger partial charge in [0.25, 0.3) is 0 Å². The van der Waals surface area contributed by atoms with Gasteiger partial charge in [0.1, 0.15) is 5.84 Å². The van der Waals surface area contributed by atoms with E-state index in [2.05, 4.69) is 23.9 Å². The number of nitrogens with two attached hydrogens (primary N) is 1. The number of nitrogens with zero attached hydrogens (tertiary/aromatic N) is 2. The number of rotatable bonds is 9. The van der Waals surface area contributed by atoms with Gasteiger partial charge in [-0.05, 0) is 19.4 Å². The van der Waals surface area contributed by atoms with Crippen molar-refractivity contribution in [1.29, 1.82) is 0 Å². The molecule has 0 aromatic carbocycles. The zero-order chi connectivity index (χ0) is 12.4. The highest BCUT2D eigenvalue weighted by Crippen LogP contribution is 2.10. The summed E-state index contributed by atoms with van der Waals surface area (Å²) in [6.45, 7) is 5.97. The van der Waals surface area contributed by atoms with Gasteiger partial charge in [0.2, 0.25) is 0 Å². The lowest BCUT2D eigenvalue weighted by atomic mass is 10.1. The Morgan fingerprint density at radius 3 is 2.50 bits per heavy atom. The van der Waals surface area contributed by atoms with Crippen LogP contribution in [0.5, 0.6) is 0 Å². The normalized spacial score (nSPS) is 14.4. The lowest BCUT2D eigenvalue weighted by molar-refractivity contribution is 0.147. The largest absolute Gasteiger partial charge is 0.409 e. The van der Waals surface area contributed by atoms with Crippen molar-refractivity contribution in [3.63, 3.8) is 0 Å². The first-order valence-corrected chi connectivity index (χ1v) is 6.00. The summed E-state index contributed by atoms with van der Waals surface area (Å²) in [6.07, 6.45) is 3.71. The van der Waals surface area contributed by atoms with Crippen molar-refractivity contribution >= 4 is 5.84 Å². The van der Waals surface area contributed by atoms with Gasteiger partial charge in [-0.3, -0.25) is 4.90 Å². The van der Waals surface area contributed by atoms with Crippen molar-refractivity contribution in [3.8, 4) is 0 Å². The molecule has 0 heterocycles. The van der Waals surface area contributed by atoms with Gasteiger partial charge in [0.15, 0.2) is 0 Å². The average molecular weight is 231 g/mol. The van der Waals surface area contributed by atoms with Gasteiger partial charge in [0.05, 0.1) is 6.61 Å². The van der Waals surface area contributed by atoms with E-state index in [9.17, 15) is 0 Å². The van der Waals surface area contributed by atoms with Crippen molar-refractivity contribution in [2.45, 2.75) is 45.6 Å². The summed E-state index contributed by atoms with van der Waals surface area (Å²) in [5, 5.41) is 20.6. The quantitative estimate of drug-likeness (QED) is 0.239. The molecule has 0 aliphatic rings. The predicted octanol–water partition coefficient (Wildman–Crippen LogP) is 0.996. The van der Waals surface area contributed by atoms with E-state index < -0.39 is 0 Å². The molecule has 0 saturated carbocycles. The van der Waals surface area contributed by atoms with Crippen molar-refractivity contribution in [3.05, 3.63) is 0 Å². The van der Waals surface area contributed by atoms with Gasteiger partial charge < -0.3 is 16.0 Å². The molecule has 0 radical (unpaired) electrons. The molecule has 1 atom stereocenters. The summed E-state index contributed by atoms with van der Waals surface area (Å²) in [7, 11) is 0. The van der Waals surface area contributed by atoms with E-state index in [4.69, 9.17) is 16.0 Å². The number of oxime groups is 1. The van der Waals surface area contributed by atoms with Gasteiger partial charge in [0, 0.05) is 19.0 Å².